The number of fused-ring (bicyclic) bond motifs is 1. The van der Waals surface area contributed by atoms with E-state index in [4.69, 9.17) is 4.98 Å². The number of carbonyl (C=O) groups is 1. The summed E-state index contributed by atoms with van der Waals surface area (Å²) >= 11 is 1.60. The number of aromatic nitrogens is 1. The molecule has 1 amide bonds. The van der Waals surface area contributed by atoms with E-state index in [1.807, 2.05) is 17.0 Å². The van der Waals surface area contributed by atoms with Gasteiger partial charge in [-0.15, -0.1) is 0 Å². The van der Waals surface area contributed by atoms with Crippen molar-refractivity contribution in [3.05, 3.63) is 58.7 Å². The van der Waals surface area contributed by atoms with Gasteiger partial charge in [0.1, 0.15) is 0 Å². The van der Waals surface area contributed by atoms with Gasteiger partial charge in [0, 0.05) is 12.1 Å². The fraction of sp³-hybridized carbons (Fsp3) is 0.440. The molecule has 3 rings (SSSR count). The van der Waals surface area contributed by atoms with E-state index >= 15 is 0 Å². The van der Waals surface area contributed by atoms with Crippen LogP contribution >= 0.6 is 11.3 Å². The fourth-order valence-corrected chi connectivity index (χ4v) is 4.45. The van der Waals surface area contributed by atoms with Gasteiger partial charge in [0.2, 0.25) is 0 Å². The molecule has 1 heterocycles. The Morgan fingerprint density at radius 1 is 1.00 bits per heavy atom. The van der Waals surface area contributed by atoms with Crippen molar-refractivity contribution >= 4 is 32.6 Å². The number of aryl methyl sites for hydroxylation is 2. The maximum Gasteiger partial charge on any atom is 0.260 e. The van der Waals surface area contributed by atoms with E-state index < -0.39 is 0 Å². The summed E-state index contributed by atoms with van der Waals surface area (Å²) < 4.78 is 1.13. The molecule has 0 aliphatic heterocycles. The Kier molecular flexibility index (Phi) is 6.63. The van der Waals surface area contributed by atoms with Crippen LogP contribution in [0.15, 0.2) is 36.4 Å². The first-order valence-corrected chi connectivity index (χ1v) is 11.3. The number of amides is 1. The van der Waals surface area contributed by atoms with Crippen LogP contribution in [0, 0.1) is 13.8 Å². The molecule has 0 aliphatic rings. The second-order valence-electron chi connectivity index (χ2n) is 9.34. The standard InChI is InChI=1S/C25H33N3OS/c1-17-15-21-22(16-18(17)2)30-24(26-21)28(14-8-13-27(6)7)23(29)19-9-11-20(12-10-19)25(3,4)5/h9-12,15-16H,8,13-14H2,1-7H3. The molecule has 160 valence electrons. The van der Waals surface area contributed by atoms with E-state index in [9.17, 15) is 4.79 Å². The first-order valence-electron chi connectivity index (χ1n) is 10.5. The molecule has 0 saturated heterocycles. The van der Waals surface area contributed by atoms with Crippen LogP contribution in [0.4, 0.5) is 5.13 Å². The van der Waals surface area contributed by atoms with E-state index in [1.165, 1.54) is 16.7 Å². The normalized spacial score (nSPS) is 12.0. The van der Waals surface area contributed by atoms with Crippen LogP contribution in [0.2, 0.25) is 0 Å². The van der Waals surface area contributed by atoms with Gasteiger partial charge in [0.25, 0.3) is 5.91 Å². The first-order chi connectivity index (χ1) is 14.1. The molecule has 3 aromatic rings. The number of benzene rings is 2. The number of rotatable bonds is 6. The van der Waals surface area contributed by atoms with Crippen molar-refractivity contribution in [3.8, 4) is 0 Å². The van der Waals surface area contributed by atoms with Crippen molar-refractivity contribution in [2.45, 2.75) is 46.5 Å². The minimum atomic E-state index is 0.0155. The lowest BCUT2D eigenvalue weighted by molar-refractivity contribution is 0.0986. The Bertz CT molecular complexity index is 990. The molecule has 0 spiro atoms. The molecule has 0 atom stereocenters. The van der Waals surface area contributed by atoms with Gasteiger partial charge in [-0.1, -0.05) is 44.2 Å². The summed E-state index contributed by atoms with van der Waals surface area (Å²) in [6.07, 6.45) is 0.896. The van der Waals surface area contributed by atoms with Gasteiger partial charge in [-0.05, 0) is 87.3 Å². The zero-order valence-corrected chi connectivity index (χ0v) is 20.1. The van der Waals surface area contributed by atoms with Gasteiger partial charge < -0.3 is 4.90 Å². The fourth-order valence-electron chi connectivity index (χ4n) is 3.38. The second-order valence-corrected chi connectivity index (χ2v) is 10.4. The second kappa shape index (κ2) is 8.86. The minimum absolute atomic E-state index is 0.0155. The molecular formula is C25H33N3OS. The van der Waals surface area contributed by atoms with Crippen molar-refractivity contribution in [3.63, 3.8) is 0 Å². The van der Waals surface area contributed by atoms with Crippen LogP contribution in [0.5, 0.6) is 0 Å². The molecule has 2 aromatic carbocycles. The summed E-state index contributed by atoms with van der Waals surface area (Å²) in [5, 5.41) is 0.777. The Balaban J connectivity index is 1.94. The Hall–Kier alpha value is -2.24. The highest BCUT2D eigenvalue weighted by Crippen LogP contribution is 2.32. The van der Waals surface area contributed by atoms with Crippen LogP contribution in [-0.2, 0) is 5.41 Å². The summed E-state index contributed by atoms with van der Waals surface area (Å²) in [6.45, 7) is 12.3. The lowest BCUT2D eigenvalue weighted by atomic mass is 9.86. The van der Waals surface area contributed by atoms with E-state index in [-0.39, 0.29) is 11.3 Å². The molecule has 0 bridgehead atoms. The van der Waals surface area contributed by atoms with Crippen LogP contribution in [0.1, 0.15) is 54.2 Å². The minimum Gasteiger partial charge on any atom is -0.309 e. The molecular weight excluding hydrogens is 390 g/mol. The molecule has 0 aliphatic carbocycles. The molecule has 0 saturated carbocycles. The smallest absolute Gasteiger partial charge is 0.260 e. The average molecular weight is 424 g/mol. The van der Waals surface area contributed by atoms with Gasteiger partial charge in [-0.3, -0.25) is 9.69 Å². The van der Waals surface area contributed by atoms with Gasteiger partial charge in [0.05, 0.1) is 10.2 Å². The van der Waals surface area contributed by atoms with Crippen molar-refractivity contribution in [2.24, 2.45) is 0 Å². The van der Waals surface area contributed by atoms with Crippen LogP contribution in [0.3, 0.4) is 0 Å². The third-order valence-corrected chi connectivity index (χ3v) is 6.49. The van der Waals surface area contributed by atoms with Crippen molar-refractivity contribution in [1.29, 1.82) is 0 Å². The van der Waals surface area contributed by atoms with Crippen molar-refractivity contribution in [1.82, 2.24) is 9.88 Å². The number of hydrogen-bond donors (Lipinski definition) is 0. The van der Waals surface area contributed by atoms with Crippen LogP contribution in [0.25, 0.3) is 10.2 Å². The molecule has 5 heteroatoms. The van der Waals surface area contributed by atoms with Crippen LogP contribution < -0.4 is 4.90 Å². The maximum absolute atomic E-state index is 13.5. The quantitative estimate of drug-likeness (QED) is 0.502. The van der Waals surface area contributed by atoms with Gasteiger partial charge >= 0.3 is 0 Å². The maximum atomic E-state index is 13.5. The molecule has 0 fully saturated rings. The predicted octanol–water partition coefficient (Wildman–Crippen LogP) is 5.81. The number of thiazole rings is 1. The predicted molar refractivity (Wildman–Crippen MR) is 129 cm³/mol. The third kappa shape index (κ3) is 5.08. The highest BCUT2D eigenvalue weighted by atomic mass is 32.1. The first kappa shape index (κ1) is 22.4. The number of anilines is 1. The topological polar surface area (TPSA) is 36.4 Å². The van der Waals surface area contributed by atoms with E-state index in [1.54, 1.807) is 11.3 Å². The molecule has 1 aromatic heterocycles. The lowest BCUT2D eigenvalue weighted by Gasteiger charge is -2.22. The molecule has 4 nitrogen and oxygen atoms in total. The SMILES string of the molecule is Cc1cc2nc(N(CCCN(C)C)C(=O)c3ccc(C(C)(C)C)cc3)sc2cc1C. The lowest BCUT2D eigenvalue weighted by Crippen LogP contribution is -2.33. The molecule has 0 N–H and O–H groups in total. The third-order valence-electron chi connectivity index (χ3n) is 5.45. The highest BCUT2D eigenvalue weighted by Gasteiger charge is 2.22. The monoisotopic (exact) mass is 423 g/mol. The number of carbonyl (C=O) groups excluding carboxylic acids is 1. The van der Waals surface area contributed by atoms with Gasteiger partial charge in [-0.2, -0.15) is 0 Å². The number of nitrogens with zero attached hydrogens (tertiary/aromatic N) is 3. The summed E-state index contributed by atoms with van der Waals surface area (Å²) in [5.41, 5.74) is 5.44. The summed E-state index contributed by atoms with van der Waals surface area (Å²) in [7, 11) is 4.11. The summed E-state index contributed by atoms with van der Waals surface area (Å²) in [5.74, 6) is 0.0155. The Morgan fingerprint density at radius 3 is 2.23 bits per heavy atom. The van der Waals surface area contributed by atoms with Gasteiger partial charge in [0.15, 0.2) is 5.13 Å². The van der Waals surface area contributed by atoms with Crippen molar-refractivity contribution in [2.75, 3.05) is 32.1 Å². The molecule has 0 radical (unpaired) electrons. The summed E-state index contributed by atoms with van der Waals surface area (Å²) in [6, 6.07) is 12.3. The highest BCUT2D eigenvalue weighted by molar-refractivity contribution is 7.22. The zero-order valence-electron chi connectivity index (χ0n) is 19.2. The van der Waals surface area contributed by atoms with Crippen LogP contribution in [-0.4, -0.2) is 43.0 Å². The summed E-state index contributed by atoms with van der Waals surface area (Å²) in [4.78, 5) is 22.3. The Labute approximate surface area is 184 Å². The van der Waals surface area contributed by atoms with Crippen molar-refractivity contribution < 1.29 is 4.79 Å². The zero-order chi connectivity index (χ0) is 22.1. The number of hydrogen-bond acceptors (Lipinski definition) is 4. The van der Waals surface area contributed by atoms with E-state index in [0.717, 1.165) is 28.3 Å². The van der Waals surface area contributed by atoms with Gasteiger partial charge in [-0.25, -0.2) is 4.98 Å². The molecule has 0 unspecified atom stereocenters. The Morgan fingerprint density at radius 2 is 1.63 bits per heavy atom. The molecule has 30 heavy (non-hydrogen) atoms. The van der Waals surface area contributed by atoms with E-state index in [2.05, 4.69) is 77.9 Å². The average Bonchev–Trinajstić information content (AvgIpc) is 3.06. The largest absolute Gasteiger partial charge is 0.309 e. The van der Waals surface area contributed by atoms with E-state index in [0.29, 0.717) is 12.1 Å².